The number of hydrogen-bond donors (Lipinski definition) is 0. The fraction of sp³-hybridized carbons (Fsp3) is 0.545. The minimum atomic E-state index is -3.50. The summed E-state index contributed by atoms with van der Waals surface area (Å²) in [6.07, 6.45) is 2.15. The summed E-state index contributed by atoms with van der Waals surface area (Å²) in [5.41, 5.74) is 0. The maximum absolute atomic E-state index is 12.4. The van der Waals surface area contributed by atoms with Crippen LogP contribution < -0.4 is 0 Å². The summed E-state index contributed by atoms with van der Waals surface area (Å²) in [5.74, 6) is 0. The molecule has 0 N–H and O–H groups in total. The summed E-state index contributed by atoms with van der Waals surface area (Å²) in [7, 11) is -3.50. The number of sulfonamides is 1. The van der Waals surface area contributed by atoms with Gasteiger partial charge in [0.05, 0.1) is 17.6 Å². The van der Waals surface area contributed by atoms with Gasteiger partial charge in [-0.1, -0.05) is 18.5 Å². The normalized spacial score (nSPS) is 22.0. The van der Waals surface area contributed by atoms with Crippen LogP contribution in [0.15, 0.2) is 23.2 Å². The first-order valence-corrected chi connectivity index (χ1v) is 7.59. The van der Waals surface area contributed by atoms with E-state index in [0.717, 1.165) is 6.42 Å². The molecule has 1 atom stereocenters. The molecule has 18 heavy (non-hydrogen) atoms. The molecule has 0 radical (unpaired) electrons. The van der Waals surface area contributed by atoms with Gasteiger partial charge in [-0.3, -0.25) is 0 Å². The summed E-state index contributed by atoms with van der Waals surface area (Å²) < 4.78 is 31.7. The Kier molecular flexibility index (Phi) is 4.21. The molecule has 0 amide bonds. The smallest absolute Gasteiger partial charge is 0.243 e. The van der Waals surface area contributed by atoms with E-state index in [4.69, 9.17) is 16.3 Å². The molecule has 1 unspecified atom stereocenters. The molecule has 1 aliphatic rings. The molecule has 1 aromatic heterocycles. The van der Waals surface area contributed by atoms with E-state index in [0.29, 0.717) is 19.7 Å². The third-order valence-electron chi connectivity index (χ3n) is 2.89. The minimum Gasteiger partial charge on any atom is -0.375 e. The molecule has 1 fully saturated rings. The van der Waals surface area contributed by atoms with Gasteiger partial charge in [-0.05, 0) is 18.6 Å². The highest BCUT2D eigenvalue weighted by molar-refractivity contribution is 7.89. The molecule has 2 rings (SSSR count). The predicted molar refractivity (Wildman–Crippen MR) is 68.0 cm³/mol. The number of halogens is 1. The lowest BCUT2D eigenvalue weighted by atomic mass is 10.2. The number of aromatic nitrogens is 1. The van der Waals surface area contributed by atoms with E-state index >= 15 is 0 Å². The number of rotatable bonds is 3. The van der Waals surface area contributed by atoms with Crippen molar-refractivity contribution in [1.29, 1.82) is 0 Å². The van der Waals surface area contributed by atoms with Crippen molar-refractivity contribution in [1.82, 2.24) is 9.29 Å². The van der Waals surface area contributed by atoms with Crippen molar-refractivity contribution < 1.29 is 13.2 Å². The quantitative estimate of drug-likeness (QED) is 0.792. The molecule has 100 valence electrons. The summed E-state index contributed by atoms with van der Waals surface area (Å²) >= 11 is 5.73. The van der Waals surface area contributed by atoms with Crippen molar-refractivity contribution in [2.24, 2.45) is 0 Å². The summed E-state index contributed by atoms with van der Waals surface area (Å²) in [4.78, 5) is 3.97. The lowest BCUT2D eigenvalue weighted by Crippen LogP contribution is -2.45. The molecule has 7 heteroatoms. The van der Waals surface area contributed by atoms with Crippen molar-refractivity contribution in [3.63, 3.8) is 0 Å². The van der Waals surface area contributed by atoms with E-state index in [2.05, 4.69) is 4.98 Å². The van der Waals surface area contributed by atoms with Gasteiger partial charge in [-0.2, -0.15) is 4.31 Å². The van der Waals surface area contributed by atoms with Crippen LogP contribution in [0.5, 0.6) is 0 Å². The fourth-order valence-electron chi connectivity index (χ4n) is 1.85. The summed E-state index contributed by atoms with van der Waals surface area (Å²) in [6, 6.07) is 2.82. The number of pyridine rings is 1. The number of nitrogens with zero attached hydrogens (tertiary/aromatic N) is 2. The molecule has 0 bridgehead atoms. The predicted octanol–water partition coefficient (Wildman–Crippen LogP) is 1.53. The molecule has 1 saturated heterocycles. The molecular formula is C11H15ClN2O3S. The second-order valence-corrected chi connectivity index (χ2v) is 6.40. The van der Waals surface area contributed by atoms with Gasteiger partial charge >= 0.3 is 0 Å². The Balaban J connectivity index is 2.25. The number of morpholine rings is 1. The Labute approximate surface area is 112 Å². The van der Waals surface area contributed by atoms with Gasteiger partial charge in [0.25, 0.3) is 0 Å². The van der Waals surface area contributed by atoms with Crippen LogP contribution in [-0.2, 0) is 14.8 Å². The molecule has 0 saturated carbocycles. The topological polar surface area (TPSA) is 59.5 Å². The van der Waals surface area contributed by atoms with Crippen LogP contribution in [0, 0.1) is 0 Å². The van der Waals surface area contributed by atoms with Crippen LogP contribution in [-0.4, -0.2) is 43.5 Å². The Morgan fingerprint density at radius 2 is 2.39 bits per heavy atom. The van der Waals surface area contributed by atoms with Crippen LogP contribution in [0.1, 0.15) is 13.3 Å². The molecule has 0 aliphatic carbocycles. The first kappa shape index (κ1) is 13.7. The van der Waals surface area contributed by atoms with Crippen LogP contribution >= 0.6 is 11.6 Å². The Morgan fingerprint density at radius 1 is 1.61 bits per heavy atom. The third-order valence-corrected chi connectivity index (χ3v) is 4.96. The zero-order chi connectivity index (χ0) is 13.2. The zero-order valence-electron chi connectivity index (χ0n) is 10.0. The zero-order valence-corrected chi connectivity index (χ0v) is 11.6. The van der Waals surface area contributed by atoms with Gasteiger partial charge < -0.3 is 4.74 Å². The summed E-state index contributed by atoms with van der Waals surface area (Å²) in [6.45, 7) is 3.16. The second kappa shape index (κ2) is 5.52. The van der Waals surface area contributed by atoms with Crippen molar-refractivity contribution in [2.45, 2.75) is 24.3 Å². The van der Waals surface area contributed by atoms with Gasteiger partial charge in [-0.15, -0.1) is 0 Å². The Bertz CT molecular complexity index is 521. The van der Waals surface area contributed by atoms with Gasteiger partial charge in [0.2, 0.25) is 10.0 Å². The average molecular weight is 291 g/mol. The summed E-state index contributed by atoms with van der Waals surface area (Å²) in [5, 5.41) is 0.177. The van der Waals surface area contributed by atoms with Crippen LogP contribution in [0.4, 0.5) is 0 Å². The standard InChI is InChI=1S/C11H15ClN2O3S/c1-2-9-8-14(5-6-17-9)18(15,16)10-3-4-13-11(12)7-10/h3-4,7,9H,2,5-6,8H2,1H3. The van der Waals surface area contributed by atoms with E-state index in [9.17, 15) is 8.42 Å². The molecule has 1 aromatic rings. The van der Waals surface area contributed by atoms with Gasteiger partial charge in [0.1, 0.15) is 5.15 Å². The highest BCUT2D eigenvalue weighted by Crippen LogP contribution is 2.21. The Morgan fingerprint density at radius 3 is 3.06 bits per heavy atom. The first-order chi connectivity index (χ1) is 8.54. The highest BCUT2D eigenvalue weighted by atomic mass is 35.5. The average Bonchev–Trinajstić information content (AvgIpc) is 2.39. The molecular weight excluding hydrogens is 276 g/mol. The van der Waals surface area contributed by atoms with Crippen molar-refractivity contribution in [3.8, 4) is 0 Å². The second-order valence-electron chi connectivity index (χ2n) is 4.08. The lowest BCUT2D eigenvalue weighted by molar-refractivity contribution is -0.00277. The van der Waals surface area contributed by atoms with E-state index < -0.39 is 10.0 Å². The minimum absolute atomic E-state index is 0.0363. The number of hydrogen-bond acceptors (Lipinski definition) is 4. The van der Waals surface area contributed by atoms with Crippen molar-refractivity contribution in [3.05, 3.63) is 23.5 Å². The van der Waals surface area contributed by atoms with E-state index in [1.807, 2.05) is 6.92 Å². The Hall–Kier alpha value is -0.690. The van der Waals surface area contributed by atoms with Gasteiger partial charge in [-0.25, -0.2) is 13.4 Å². The highest BCUT2D eigenvalue weighted by Gasteiger charge is 2.30. The van der Waals surface area contributed by atoms with E-state index in [-0.39, 0.29) is 16.2 Å². The maximum Gasteiger partial charge on any atom is 0.243 e. The van der Waals surface area contributed by atoms with Gasteiger partial charge in [0.15, 0.2) is 0 Å². The maximum atomic E-state index is 12.4. The molecule has 5 nitrogen and oxygen atoms in total. The van der Waals surface area contributed by atoms with E-state index in [1.54, 1.807) is 0 Å². The van der Waals surface area contributed by atoms with Crippen LogP contribution in [0.25, 0.3) is 0 Å². The molecule has 2 heterocycles. The van der Waals surface area contributed by atoms with Crippen LogP contribution in [0.3, 0.4) is 0 Å². The fourth-order valence-corrected chi connectivity index (χ4v) is 3.56. The van der Waals surface area contributed by atoms with E-state index in [1.165, 1.54) is 22.6 Å². The molecule has 0 spiro atoms. The lowest BCUT2D eigenvalue weighted by Gasteiger charge is -2.31. The monoisotopic (exact) mass is 290 g/mol. The first-order valence-electron chi connectivity index (χ1n) is 5.77. The van der Waals surface area contributed by atoms with Crippen molar-refractivity contribution >= 4 is 21.6 Å². The number of ether oxygens (including phenoxy) is 1. The molecule has 0 aromatic carbocycles. The molecule has 1 aliphatic heterocycles. The third kappa shape index (κ3) is 2.83. The SMILES string of the molecule is CCC1CN(S(=O)(=O)c2ccnc(Cl)c2)CCO1. The van der Waals surface area contributed by atoms with Crippen LogP contribution in [0.2, 0.25) is 5.15 Å². The van der Waals surface area contributed by atoms with Gasteiger partial charge in [0, 0.05) is 19.3 Å². The largest absolute Gasteiger partial charge is 0.375 e. The van der Waals surface area contributed by atoms with Crippen molar-refractivity contribution in [2.75, 3.05) is 19.7 Å².